The standard InChI is InChI=1S/C7H17NOS/c1-7(2)6-10(3)8-4-5-9/h7-9H,3-6H2,1-2H3. The van der Waals surface area contributed by atoms with E-state index in [2.05, 4.69) is 24.4 Å². The summed E-state index contributed by atoms with van der Waals surface area (Å²) in [5, 5.41) is 8.46. The smallest absolute Gasteiger partial charge is 0.0565 e. The second-order valence-corrected chi connectivity index (χ2v) is 4.28. The minimum absolute atomic E-state index is 0.0400. The Labute approximate surface area is 65.7 Å². The lowest BCUT2D eigenvalue weighted by Crippen LogP contribution is -2.14. The van der Waals surface area contributed by atoms with E-state index in [0.717, 1.165) is 5.75 Å². The van der Waals surface area contributed by atoms with Crippen molar-refractivity contribution in [2.24, 2.45) is 5.92 Å². The second kappa shape index (κ2) is 5.89. The molecule has 0 fully saturated rings. The van der Waals surface area contributed by atoms with Gasteiger partial charge in [-0.3, -0.25) is 4.72 Å². The highest BCUT2D eigenvalue weighted by Crippen LogP contribution is 2.08. The zero-order valence-electron chi connectivity index (χ0n) is 6.76. The van der Waals surface area contributed by atoms with Gasteiger partial charge in [-0.25, -0.2) is 0 Å². The summed E-state index contributed by atoms with van der Waals surface area (Å²) in [6, 6.07) is 0. The maximum absolute atomic E-state index is 8.46. The Balaban J connectivity index is 3.26. The topological polar surface area (TPSA) is 32.3 Å². The summed E-state index contributed by atoms with van der Waals surface area (Å²) in [5.74, 6) is 5.71. The van der Waals surface area contributed by atoms with Gasteiger partial charge < -0.3 is 5.11 Å². The maximum atomic E-state index is 8.46. The van der Waals surface area contributed by atoms with Gasteiger partial charge in [0.15, 0.2) is 0 Å². The number of aliphatic hydroxyl groups excluding tert-OH is 1. The SMILES string of the molecule is C=S(CC(C)C)NCCO. The lowest BCUT2D eigenvalue weighted by atomic mass is 10.3. The number of aliphatic hydroxyl groups is 1. The van der Waals surface area contributed by atoms with Crippen molar-refractivity contribution in [2.75, 3.05) is 18.9 Å². The number of hydrogen-bond donors (Lipinski definition) is 2. The van der Waals surface area contributed by atoms with E-state index < -0.39 is 0 Å². The normalized spacial score (nSPS) is 14.0. The quantitative estimate of drug-likeness (QED) is 0.589. The largest absolute Gasteiger partial charge is 0.395 e. The summed E-state index contributed by atoms with van der Waals surface area (Å²) < 4.78 is 3.13. The van der Waals surface area contributed by atoms with Crippen LogP contribution in [-0.4, -0.2) is 29.9 Å². The third-order valence-corrected chi connectivity index (χ3v) is 2.63. The van der Waals surface area contributed by atoms with Crippen LogP contribution in [0.5, 0.6) is 0 Å². The fraction of sp³-hybridized carbons (Fsp3) is 0.857. The Morgan fingerprint density at radius 3 is 2.60 bits per heavy atom. The third-order valence-electron chi connectivity index (χ3n) is 0.953. The molecule has 0 aromatic carbocycles. The predicted octanol–water partition coefficient (Wildman–Crippen LogP) is 0.840. The molecule has 1 unspecified atom stereocenters. The van der Waals surface area contributed by atoms with Crippen molar-refractivity contribution >= 4 is 16.5 Å². The van der Waals surface area contributed by atoms with Gasteiger partial charge in [0.2, 0.25) is 0 Å². The van der Waals surface area contributed by atoms with Crippen LogP contribution in [0.25, 0.3) is 0 Å². The zero-order chi connectivity index (χ0) is 7.98. The molecule has 0 aromatic rings. The number of rotatable bonds is 5. The first-order valence-electron chi connectivity index (χ1n) is 3.51. The molecule has 0 saturated heterocycles. The second-order valence-electron chi connectivity index (χ2n) is 2.67. The summed E-state index contributed by atoms with van der Waals surface area (Å²) >= 11 is 0. The molecule has 3 heteroatoms. The van der Waals surface area contributed by atoms with Gasteiger partial charge in [0.05, 0.1) is 6.61 Å². The first kappa shape index (κ1) is 10.1. The molecule has 0 spiro atoms. The van der Waals surface area contributed by atoms with Gasteiger partial charge in [-0.15, -0.1) is 10.7 Å². The summed E-state index contributed by atoms with van der Waals surface area (Å²) in [5.41, 5.74) is 0. The van der Waals surface area contributed by atoms with Crippen molar-refractivity contribution in [1.82, 2.24) is 4.72 Å². The minimum atomic E-state index is 0.0400. The average molecular weight is 163 g/mol. The van der Waals surface area contributed by atoms with Crippen LogP contribution in [0.3, 0.4) is 0 Å². The van der Waals surface area contributed by atoms with Gasteiger partial charge in [-0.05, 0) is 5.92 Å². The molecule has 0 amide bonds. The van der Waals surface area contributed by atoms with E-state index in [4.69, 9.17) is 5.11 Å². The lowest BCUT2D eigenvalue weighted by Gasteiger charge is -2.09. The highest BCUT2D eigenvalue weighted by Gasteiger charge is 1.94. The molecule has 0 saturated carbocycles. The highest BCUT2D eigenvalue weighted by molar-refractivity contribution is 8.12. The highest BCUT2D eigenvalue weighted by atomic mass is 32.2. The molecule has 0 aromatic heterocycles. The van der Waals surface area contributed by atoms with Crippen LogP contribution in [0.4, 0.5) is 0 Å². The van der Waals surface area contributed by atoms with Crippen molar-refractivity contribution in [3.8, 4) is 0 Å². The Kier molecular flexibility index (Phi) is 5.97. The molecule has 0 aliphatic rings. The van der Waals surface area contributed by atoms with Crippen LogP contribution in [0.2, 0.25) is 0 Å². The maximum Gasteiger partial charge on any atom is 0.0565 e. The monoisotopic (exact) mass is 163 g/mol. The van der Waals surface area contributed by atoms with Crippen LogP contribution in [0.1, 0.15) is 13.8 Å². The van der Waals surface area contributed by atoms with Crippen molar-refractivity contribution in [3.63, 3.8) is 0 Å². The molecule has 0 aliphatic heterocycles. The fourth-order valence-corrected chi connectivity index (χ4v) is 1.95. The van der Waals surface area contributed by atoms with Crippen molar-refractivity contribution < 1.29 is 5.11 Å². The van der Waals surface area contributed by atoms with Crippen molar-refractivity contribution in [3.05, 3.63) is 0 Å². The minimum Gasteiger partial charge on any atom is -0.395 e. The predicted molar refractivity (Wildman–Crippen MR) is 49.5 cm³/mol. The Hall–Kier alpha value is 0.140. The van der Waals surface area contributed by atoms with Crippen LogP contribution in [0.15, 0.2) is 0 Å². The molecule has 62 valence electrons. The van der Waals surface area contributed by atoms with Crippen molar-refractivity contribution in [2.45, 2.75) is 13.8 Å². The molecule has 0 heterocycles. The average Bonchev–Trinajstić information content (AvgIpc) is 1.82. The molecule has 2 nitrogen and oxygen atoms in total. The molecule has 0 aliphatic carbocycles. The van der Waals surface area contributed by atoms with Gasteiger partial charge in [0, 0.05) is 12.3 Å². The van der Waals surface area contributed by atoms with E-state index in [1.54, 1.807) is 0 Å². The van der Waals surface area contributed by atoms with Gasteiger partial charge in [-0.1, -0.05) is 19.7 Å². The molecule has 10 heavy (non-hydrogen) atoms. The number of nitrogens with one attached hydrogen (secondary N) is 1. The van der Waals surface area contributed by atoms with Gasteiger partial charge in [0.1, 0.15) is 0 Å². The zero-order valence-corrected chi connectivity index (χ0v) is 7.58. The summed E-state index contributed by atoms with van der Waals surface area (Å²) in [6.45, 7) is 5.22. The van der Waals surface area contributed by atoms with Crippen LogP contribution in [0, 0.1) is 5.92 Å². The van der Waals surface area contributed by atoms with E-state index in [-0.39, 0.29) is 17.3 Å². The van der Waals surface area contributed by atoms with Crippen LogP contribution < -0.4 is 4.72 Å². The first-order valence-corrected chi connectivity index (χ1v) is 5.08. The summed E-state index contributed by atoms with van der Waals surface area (Å²) in [4.78, 5) is 0. The van der Waals surface area contributed by atoms with Crippen LogP contribution in [-0.2, 0) is 0 Å². The molecule has 0 bridgehead atoms. The van der Waals surface area contributed by atoms with Crippen molar-refractivity contribution in [1.29, 1.82) is 0 Å². The summed E-state index contributed by atoms with van der Waals surface area (Å²) in [7, 11) is 0.0400. The van der Waals surface area contributed by atoms with E-state index in [9.17, 15) is 0 Å². The van der Waals surface area contributed by atoms with E-state index >= 15 is 0 Å². The first-order chi connectivity index (χ1) is 4.66. The molecule has 0 radical (unpaired) electrons. The lowest BCUT2D eigenvalue weighted by molar-refractivity contribution is 0.302. The number of hydrogen-bond acceptors (Lipinski definition) is 2. The molecular formula is C7H17NOS. The molecule has 2 N–H and O–H groups in total. The summed E-state index contributed by atoms with van der Waals surface area (Å²) in [6.07, 6.45) is 0. The third kappa shape index (κ3) is 6.26. The Morgan fingerprint density at radius 1 is 1.60 bits per heavy atom. The Bertz CT molecular complexity index is 104. The molecular weight excluding hydrogens is 146 g/mol. The van der Waals surface area contributed by atoms with Gasteiger partial charge >= 0.3 is 0 Å². The van der Waals surface area contributed by atoms with E-state index in [1.807, 2.05) is 0 Å². The molecule has 0 rings (SSSR count). The Morgan fingerprint density at radius 2 is 2.20 bits per heavy atom. The fourth-order valence-electron chi connectivity index (χ4n) is 0.651. The van der Waals surface area contributed by atoms with Crippen LogP contribution >= 0.6 is 10.7 Å². The van der Waals surface area contributed by atoms with Gasteiger partial charge in [0.25, 0.3) is 0 Å². The van der Waals surface area contributed by atoms with E-state index in [1.165, 1.54) is 0 Å². The molecule has 1 atom stereocenters. The van der Waals surface area contributed by atoms with E-state index in [0.29, 0.717) is 12.5 Å². The van der Waals surface area contributed by atoms with Gasteiger partial charge in [-0.2, -0.15) is 0 Å².